The number of aliphatic hydroxyl groups is 3. The quantitative estimate of drug-likeness (QED) is 0.0219. The van der Waals surface area contributed by atoms with Crippen LogP contribution >= 0.6 is 0 Å². The second-order valence-corrected chi connectivity index (χ2v) is 16.2. The molecule has 0 bridgehead atoms. The highest BCUT2D eigenvalue weighted by Gasteiger charge is 2.46. The lowest BCUT2D eigenvalue weighted by Gasteiger charge is -2.40. The highest BCUT2D eigenvalue weighted by molar-refractivity contribution is 7.85. The lowest BCUT2D eigenvalue weighted by molar-refractivity contribution is -0.297. The molecule has 312 valence electrons. The van der Waals surface area contributed by atoms with Crippen molar-refractivity contribution in [1.29, 1.82) is 0 Å². The van der Waals surface area contributed by atoms with Crippen molar-refractivity contribution in [3.8, 4) is 0 Å². The molecule has 0 amide bonds. The van der Waals surface area contributed by atoms with Crippen LogP contribution < -0.4 is 0 Å². The number of ether oxygens (including phenoxy) is 4. The van der Waals surface area contributed by atoms with Crippen LogP contribution in [-0.4, -0.2) is 96.0 Å². The van der Waals surface area contributed by atoms with Crippen LogP contribution in [0.4, 0.5) is 0 Å². The highest BCUT2D eigenvalue weighted by atomic mass is 32.2. The van der Waals surface area contributed by atoms with E-state index in [1.165, 1.54) is 77.0 Å². The summed E-state index contributed by atoms with van der Waals surface area (Å²) in [6, 6.07) is 0. The van der Waals surface area contributed by atoms with E-state index in [-0.39, 0.29) is 19.4 Å². The van der Waals surface area contributed by atoms with Crippen molar-refractivity contribution in [1.82, 2.24) is 0 Å². The maximum atomic E-state index is 12.7. The molecule has 0 aliphatic carbocycles. The average Bonchev–Trinajstić information content (AvgIpc) is 3.12. The van der Waals surface area contributed by atoms with E-state index >= 15 is 0 Å². The van der Waals surface area contributed by atoms with Crippen molar-refractivity contribution in [2.45, 2.75) is 211 Å². The standard InChI is InChI=1S/C40H74O12S/c1-3-5-7-9-11-13-15-16-17-18-19-21-22-24-26-28-35(41)49-30-33(51-36(42)29-27-25-23-20-14-12-10-8-6-4-2)31-50-40-39(45)38(44)37(43)34(52-40)32-53(46,47)48/h16-17,33-34,37-40,43-45H,3-15,18-32H2,1-2H3,(H,46,47,48)/b17-16+/t33-,34-,37-,38?,39?,40+/m1/s1. The largest absolute Gasteiger partial charge is 0.462 e. The first-order valence-corrected chi connectivity index (χ1v) is 22.4. The second kappa shape index (κ2) is 31.6. The van der Waals surface area contributed by atoms with Gasteiger partial charge in [0.25, 0.3) is 10.1 Å². The van der Waals surface area contributed by atoms with Crippen molar-refractivity contribution >= 4 is 22.1 Å². The molecule has 1 aliphatic heterocycles. The highest BCUT2D eigenvalue weighted by Crippen LogP contribution is 2.24. The average molecular weight is 779 g/mol. The van der Waals surface area contributed by atoms with Crippen LogP contribution in [0.5, 0.6) is 0 Å². The van der Waals surface area contributed by atoms with E-state index in [9.17, 15) is 37.9 Å². The Bertz CT molecular complexity index is 1050. The number of unbranched alkanes of at least 4 members (excludes halogenated alkanes) is 20. The molecule has 6 atom stereocenters. The number of hydrogen-bond acceptors (Lipinski definition) is 11. The zero-order chi connectivity index (χ0) is 39.2. The maximum absolute atomic E-state index is 12.7. The molecule has 1 rings (SSSR count). The third-order valence-electron chi connectivity index (χ3n) is 9.60. The summed E-state index contributed by atoms with van der Waals surface area (Å²) in [6.07, 6.45) is 21.3. The van der Waals surface area contributed by atoms with E-state index in [0.717, 1.165) is 57.8 Å². The summed E-state index contributed by atoms with van der Waals surface area (Å²) in [7, 11) is -4.59. The van der Waals surface area contributed by atoms with Gasteiger partial charge in [-0.2, -0.15) is 8.42 Å². The molecule has 4 N–H and O–H groups in total. The van der Waals surface area contributed by atoms with Crippen molar-refractivity contribution in [2.75, 3.05) is 19.0 Å². The van der Waals surface area contributed by atoms with Crippen LogP contribution in [0.1, 0.15) is 174 Å². The fraction of sp³-hybridized carbons (Fsp3) is 0.900. The minimum Gasteiger partial charge on any atom is -0.462 e. The first-order valence-electron chi connectivity index (χ1n) is 20.7. The molecule has 12 nitrogen and oxygen atoms in total. The Morgan fingerprint density at radius 3 is 1.57 bits per heavy atom. The van der Waals surface area contributed by atoms with E-state index in [0.29, 0.717) is 12.8 Å². The van der Waals surface area contributed by atoms with Crippen molar-refractivity contribution in [3.05, 3.63) is 12.2 Å². The van der Waals surface area contributed by atoms with Crippen LogP contribution in [-0.2, 0) is 38.7 Å². The van der Waals surface area contributed by atoms with Gasteiger partial charge in [0.05, 0.1) is 6.61 Å². The van der Waals surface area contributed by atoms with Crippen molar-refractivity contribution < 1.29 is 56.8 Å². The molecule has 13 heteroatoms. The summed E-state index contributed by atoms with van der Waals surface area (Å²) < 4.78 is 53.8. The van der Waals surface area contributed by atoms with Gasteiger partial charge in [-0.05, 0) is 38.5 Å². The molecule has 0 radical (unpaired) electrons. The maximum Gasteiger partial charge on any atom is 0.306 e. The molecule has 1 aliphatic rings. The van der Waals surface area contributed by atoms with Crippen LogP contribution in [0.3, 0.4) is 0 Å². The Hall–Kier alpha value is -1.61. The van der Waals surface area contributed by atoms with Gasteiger partial charge in [0.15, 0.2) is 12.4 Å². The number of aliphatic hydroxyl groups excluding tert-OH is 3. The van der Waals surface area contributed by atoms with Gasteiger partial charge in [0, 0.05) is 12.8 Å². The molecular formula is C40H74O12S. The summed E-state index contributed by atoms with van der Waals surface area (Å²) in [5.74, 6) is -1.99. The molecule has 0 aromatic heterocycles. The third kappa shape index (κ3) is 26.8. The first-order chi connectivity index (χ1) is 25.5. The van der Waals surface area contributed by atoms with Crippen LogP contribution in [0, 0.1) is 0 Å². The normalized spacial score (nSPS) is 21.2. The zero-order valence-corrected chi connectivity index (χ0v) is 33.7. The fourth-order valence-corrected chi connectivity index (χ4v) is 7.01. The number of hydrogen-bond donors (Lipinski definition) is 4. The molecule has 1 heterocycles. The summed E-state index contributed by atoms with van der Waals surface area (Å²) >= 11 is 0. The van der Waals surface area contributed by atoms with Gasteiger partial charge in [-0.1, -0.05) is 135 Å². The van der Waals surface area contributed by atoms with Gasteiger partial charge < -0.3 is 34.3 Å². The monoisotopic (exact) mass is 778 g/mol. The van der Waals surface area contributed by atoms with Crippen molar-refractivity contribution in [2.24, 2.45) is 0 Å². The molecule has 53 heavy (non-hydrogen) atoms. The predicted octanol–water partition coefficient (Wildman–Crippen LogP) is 7.50. The van der Waals surface area contributed by atoms with E-state index < -0.39 is 71.2 Å². The third-order valence-corrected chi connectivity index (χ3v) is 10.3. The van der Waals surface area contributed by atoms with Gasteiger partial charge in [0.1, 0.15) is 36.8 Å². The van der Waals surface area contributed by atoms with Gasteiger partial charge in [0.2, 0.25) is 0 Å². The zero-order valence-electron chi connectivity index (χ0n) is 32.9. The van der Waals surface area contributed by atoms with Crippen molar-refractivity contribution in [3.63, 3.8) is 0 Å². The lowest BCUT2D eigenvalue weighted by atomic mass is 10.00. The number of carbonyl (C=O) groups is 2. The van der Waals surface area contributed by atoms with Gasteiger partial charge in [-0.15, -0.1) is 0 Å². The van der Waals surface area contributed by atoms with Crippen LogP contribution in [0.15, 0.2) is 12.2 Å². The Kier molecular flexibility index (Phi) is 29.4. The van der Waals surface area contributed by atoms with Crippen LogP contribution in [0.25, 0.3) is 0 Å². The number of rotatable bonds is 34. The predicted molar refractivity (Wildman–Crippen MR) is 206 cm³/mol. The van der Waals surface area contributed by atoms with E-state index in [1.54, 1.807) is 0 Å². The Balaban J connectivity index is 2.48. The topological polar surface area (TPSA) is 186 Å². The summed E-state index contributed by atoms with van der Waals surface area (Å²) in [5, 5.41) is 30.8. The molecule has 2 unspecified atom stereocenters. The van der Waals surface area contributed by atoms with E-state index in [2.05, 4.69) is 26.0 Å². The van der Waals surface area contributed by atoms with Crippen LogP contribution in [0.2, 0.25) is 0 Å². The van der Waals surface area contributed by atoms with Gasteiger partial charge in [-0.25, -0.2) is 0 Å². The molecule has 1 saturated heterocycles. The fourth-order valence-electron chi connectivity index (χ4n) is 6.32. The molecule has 0 spiro atoms. The Labute approximate surface area is 320 Å². The number of carbonyl (C=O) groups excluding carboxylic acids is 2. The minimum absolute atomic E-state index is 0.166. The van der Waals surface area contributed by atoms with Gasteiger partial charge in [-0.3, -0.25) is 14.1 Å². The number of allylic oxidation sites excluding steroid dienone is 2. The van der Waals surface area contributed by atoms with Gasteiger partial charge >= 0.3 is 11.9 Å². The smallest absolute Gasteiger partial charge is 0.306 e. The SMILES string of the molecule is CCCCCCCC/C=C/CCCCCCCC(=O)OC[C@H](CO[C@H]1O[C@H](CS(=O)(=O)O)[C@@H](O)C(O)C1O)OC(=O)CCCCCCCCCCCC. The molecule has 0 aromatic carbocycles. The molecular weight excluding hydrogens is 704 g/mol. The van der Waals surface area contributed by atoms with E-state index in [4.69, 9.17) is 18.9 Å². The Morgan fingerprint density at radius 2 is 1.08 bits per heavy atom. The Morgan fingerprint density at radius 1 is 0.623 bits per heavy atom. The first kappa shape index (κ1) is 49.4. The lowest BCUT2D eigenvalue weighted by Crippen LogP contribution is -2.60. The number of esters is 2. The van der Waals surface area contributed by atoms with E-state index in [1.807, 2.05) is 0 Å². The molecule has 0 saturated carbocycles. The second-order valence-electron chi connectivity index (χ2n) is 14.7. The molecule has 1 fully saturated rings. The summed E-state index contributed by atoms with van der Waals surface area (Å²) in [6.45, 7) is 3.72. The molecule has 0 aromatic rings. The summed E-state index contributed by atoms with van der Waals surface area (Å²) in [5.41, 5.74) is 0. The summed E-state index contributed by atoms with van der Waals surface area (Å²) in [4.78, 5) is 25.2. The minimum atomic E-state index is -4.59.